The van der Waals surface area contributed by atoms with E-state index in [-0.39, 0.29) is 23.5 Å². The van der Waals surface area contributed by atoms with E-state index in [1.807, 2.05) is 11.8 Å². The van der Waals surface area contributed by atoms with E-state index in [0.717, 1.165) is 38.8 Å². The van der Waals surface area contributed by atoms with Gasteiger partial charge in [0.1, 0.15) is 5.60 Å². The molecule has 0 saturated carbocycles. The van der Waals surface area contributed by atoms with Crippen molar-refractivity contribution in [1.82, 2.24) is 15.1 Å². The highest BCUT2D eigenvalue weighted by Crippen LogP contribution is 2.35. The van der Waals surface area contributed by atoms with Crippen molar-refractivity contribution in [2.45, 2.75) is 96.2 Å². The Hall–Kier alpha value is -1.11. The van der Waals surface area contributed by atoms with E-state index < -0.39 is 0 Å². The number of amides is 1. The predicted octanol–water partition coefficient (Wildman–Crippen LogP) is 3.52. The summed E-state index contributed by atoms with van der Waals surface area (Å²) in [6.45, 7) is 18.7. The van der Waals surface area contributed by atoms with Crippen LogP contribution in [-0.2, 0) is 9.53 Å². The van der Waals surface area contributed by atoms with Crippen LogP contribution in [0, 0.1) is 11.8 Å². The van der Waals surface area contributed by atoms with Crippen molar-refractivity contribution in [3.63, 3.8) is 0 Å². The standard InChI is InChI=1S/C13H24N2O2.C13H24N2/c1-3-4-10(2)12(16)15-7-6-13(9-15)11(14)5-8-17-13;1-11(2)12(3)15-9-7-13(10-15)6-4-5-8-14-13/h10-11H,3-9,14H2,1-2H3;11,14H,3-10H2,1-2H3. The van der Waals surface area contributed by atoms with Gasteiger partial charge < -0.3 is 25.6 Å². The molecule has 4 fully saturated rings. The first-order valence-electron chi connectivity index (χ1n) is 13.1. The van der Waals surface area contributed by atoms with Crippen LogP contribution in [0.1, 0.15) is 79.1 Å². The number of piperidine rings is 1. The molecule has 0 aliphatic carbocycles. The Morgan fingerprint density at radius 1 is 1.16 bits per heavy atom. The molecule has 4 aliphatic heterocycles. The highest BCUT2D eigenvalue weighted by atomic mass is 16.5. The zero-order chi connectivity index (χ0) is 23.4. The molecule has 6 heteroatoms. The zero-order valence-corrected chi connectivity index (χ0v) is 21.1. The van der Waals surface area contributed by atoms with Gasteiger partial charge in [0.05, 0.1) is 6.54 Å². The molecule has 0 aromatic heterocycles. The van der Waals surface area contributed by atoms with Gasteiger partial charge in [0, 0.05) is 49.4 Å². The van der Waals surface area contributed by atoms with Crippen molar-refractivity contribution < 1.29 is 9.53 Å². The largest absolute Gasteiger partial charge is 0.373 e. The zero-order valence-electron chi connectivity index (χ0n) is 21.1. The molecule has 2 spiro atoms. The molecule has 4 heterocycles. The average molecular weight is 449 g/mol. The van der Waals surface area contributed by atoms with Gasteiger partial charge in [0.25, 0.3) is 0 Å². The summed E-state index contributed by atoms with van der Waals surface area (Å²) < 4.78 is 5.81. The molecule has 32 heavy (non-hydrogen) atoms. The fraction of sp³-hybridized carbons (Fsp3) is 0.885. The summed E-state index contributed by atoms with van der Waals surface area (Å²) in [5.74, 6) is 0.989. The SMILES string of the molecule is C=C(C(C)C)N1CCC2(CCCCN2)C1.CCCC(C)C(=O)N1CCC2(C1)OCCC2N. The van der Waals surface area contributed by atoms with Crippen LogP contribution in [0.2, 0.25) is 0 Å². The van der Waals surface area contributed by atoms with Gasteiger partial charge in [-0.25, -0.2) is 0 Å². The first kappa shape index (κ1) is 25.5. The van der Waals surface area contributed by atoms with Crippen LogP contribution in [0.5, 0.6) is 0 Å². The summed E-state index contributed by atoms with van der Waals surface area (Å²) in [5.41, 5.74) is 7.62. The first-order chi connectivity index (χ1) is 15.2. The third kappa shape index (κ3) is 5.68. The van der Waals surface area contributed by atoms with Crippen molar-refractivity contribution in [2.75, 3.05) is 39.3 Å². The highest BCUT2D eigenvalue weighted by Gasteiger charge is 2.48. The van der Waals surface area contributed by atoms with E-state index >= 15 is 0 Å². The van der Waals surface area contributed by atoms with Crippen LogP contribution < -0.4 is 11.1 Å². The topological polar surface area (TPSA) is 70.8 Å². The summed E-state index contributed by atoms with van der Waals surface area (Å²) >= 11 is 0. The van der Waals surface area contributed by atoms with Crippen molar-refractivity contribution >= 4 is 5.91 Å². The molecule has 4 saturated heterocycles. The lowest BCUT2D eigenvalue weighted by Gasteiger charge is -2.35. The van der Waals surface area contributed by atoms with E-state index in [1.54, 1.807) is 0 Å². The summed E-state index contributed by atoms with van der Waals surface area (Å²) in [7, 11) is 0. The summed E-state index contributed by atoms with van der Waals surface area (Å²) in [6, 6.07) is 0.0989. The Bertz CT molecular complexity index is 646. The number of nitrogens with zero attached hydrogens (tertiary/aromatic N) is 2. The minimum absolute atomic E-state index is 0.0989. The molecule has 4 aliphatic rings. The number of nitrogens with one attached hydrogen (secondary N) is 1. The van der Waals surface area contributed by atoms with Crippen LogP contribution in [0.4, 0.5) is 0 Å². The lowest BCUT2D eigenvalue weighted by molar-refractivity contribution is -0.135. The molecule has 4 atom stereocenters. The van der Waals surface area contributed by atoms with Gasteiger partial charge in [0.15, 0.2) is 0 Å². The Labute approximate surface area is 196 Å². The molecule has 0 aromatic rings. The molecule has 4 unspecified atom stereocenters. The van der Waals surface area contributed by atoms with E-state index in [2.05, 4.69) is 37.6 Å². The van der Waals surface area contributed by atoms with Gasteiger partial charge in [-0.1, -0.05) is 47.1 Å². The molecule has 1 amide bonds. The van der Waals surface area contributed by atoms with Crippen LogP contribution in [-0.4, -0.2) is 72.2 Å². The number of hydrogen-bond donors (Lipinski definition) is 2. The Morgan fingerprint density at radius 2 is 1.91 bits per heavy atom. The number of carbonyl (C=O) groups excluding carboxylic acids is 1. The van der Waals surface area contributed by atoms with Crippen LogP contribution in [0.25, 0.3) is 0 Å². The van der Waals surface area contributed by atoms with Crippen LogP contribution >= 0.6 is 0 Å². The molecule has 4 rings (SSSR count). The minimum Gasteiger partial charge on any atom is -0.373 e. The molecule has 0 radical (unpaired) electrons. The molecule has 3 N–H and O–H groups in total. The van der Waals surface area contributed by atoms with Gasteiger partial charge in [-0.3, -0.25) is 4.79 Å². The number of likely N-dealkylation sites (tertiary alicyclic amines) is 2. The Balaban J connectivity index is 0.000000182. The quantitative estimate of drug-likeness (QED) is 0.673. The fourth-order valence-corrected chi connectivity index (χ4v) is 5.90. The third-order valence-electron chi connectivity index (χ3n) is 8.22. The molecular formula is C26H48N4O2. The van der Waals surface area contributed by atoms with E-state index in [1.165, 1.54) is 51.0 Å². The van der Waals surface area contributed by atoms with Crippen molar-refractivity contribution in [3.8, 4) is 0 Å². The number of allylic oxidation sites excluding steroid dienone is 1. The normalized spacial score (nSPS) is 33.1. The second kappa shape index (κ2) is 10.9. The maximum atomic E-state index is 12.2. The number of carbonyl (C=O) groups is 1. The number of hydrogen-bond acceptors (Lipinski definition) is 5. The Kier molecular flexibility index (Phi) is 8.67. The van der Waals surface area contributed by atoms with Gasteiger partial charge in [-0.15, -0.1) is 0 Å². The summed E-state index contributed by atoms with van der Waals surface area (Å²) in [4.78, 5) is 16.7. The van der Waals surface area contributed by atoms with Crippen molar-refractivity contribution in [2.24, 2.45) is 17.6 Å². The van der Waals surface area contributed by atoms with Gasteiger partial charge in [-0.2, -0.15) is 0 Å². The summed E-state index contributed by atoms with van der Waals surface area (Å²) in [5, 5.41) is 3.74. The van der Waals surface area contributed by atoms with Crippen LogP contribution in [0.3, 0.4) is 0 Å². The predicted molar refractivity (Wildman–Crippen MR) is 131 cm³/mol. The number of nitrogens with two attached hydrogens (primary N) is 1. The van der Waals surface area contributed by atoms with Gasteiger partial charge >= 0.3 is 0 Å². The second-order valence-corrected chi connectivity index (χ2v) is 11.0. The van der Waals surface area contributed by atoms with Crippen LogP contribution in [0.15, 0.2) is 12.3 Å². The maximum absolute atomic E-state index is 12.2. The summed E-state index contributed by atoms with van der Waals surface area (Å²) in [6.07, 6.45) is 9.26. The fourth-order valence-electron chi connectivity index (χ4n) is 5.90. The minimum atomic E-state index is -0.235. The lowest BCUT2D eigenvalue weighted by Crippen LogP contribution is -2.50. The lowest BCUT2D eigenvalue weighted by atomic mass is 9.88. The van der Waals surface area contributed by atoms with Gasteiger partial charge in [0.2, 0.25) is 5.91 Å². The van der Waals surface area contributed by atoms with E-state index in [0.29, 0.717) is 18.0 Å². The molecule has 0 bridgehead atoms. The molecule has 0 aromatic carbocycles. The molecule has 184 valence electrons. The first-order valence-corrected chi connectivity index (χ1v) is 13.1. The van der Waals surface area contributed by atoms with Gasteiger partial charge in [-0.05, 0) is 51.0 Å². The molecular weight excluding hydrogens is 400 g/mol. The smallest absolute Gasteiger partial charge is 0.225 e. The average Bonchev–Trinajstić information content (AvgIpc) is 3.49. The third-order valence-corrected chi connectivity index (χ3v) is 8.22. The Morgan fingerprint density at radius 3 is 2.50 bits per heavy atom. The monoisotopic (exact) mass is 448 g/mol. The van der Waals surface area contributed by atoms with Crippen molar-refractivity contribution in [1.29, 1.82) is 0 Å². The van der Waals surface area contributed by atoms with E-state index in [9.17, 15) is 4.79 Å². The molecule has 6 nitrogen and oxygen atoms in total. The number of rotatable bonds is 5. The number of ether oxygens (including phenoxy) is 1. The van der Waals surface area contributed by atoms with E-state index in [4.69, 9.17) is 10.5 Å². The maximum Gasteiger partial charge on any atom is 0.225 e. The van der Waals surface area contributed by atoms with Crippen molar-refractivity contribution in [3.05, 3.63) is 12.3 Å². The second-order valence-electron chi connectivity index (χ2n) is 11.0. The highest BCUT2D eigenvalue weighted by molar-refractivity contribution is 5.79.